The van der Waals surface area contributed by atoms with Crippen molar-refractivity contribution in [2.75, 3.05) is 0 Å². The van der Waals surface area contributed by atoms with Gasteiger partial charge in [0.2, 0.25) is 5.88 Å². The fraction of sp³-hybridized carbons (Fsp3) is 0.294. The summed E-state index contributed by atoms with van der Waals surface area (Å²) in [5, 5.41) is 27.6. The van der Waals surface area contributed by atoms with E-state index in [9.17, 15) is 15.2 Å². The lowest BCUT2D eigenvalue weighted by atomic mass is 10.1. The quantitative estimate of drug-likeness (QED) is 0.777. The molecule has 1 aromatic heterocycles. The van der Waals surface area contributed by atoms with Gasteiger partial charge in [-0.2, -0.15) is 10.4 Å². The predicted molar refractivity (Wildman–Crippen MR) is 95.0 cm³/mol. The van der Waals surface area contributed by atoms with E-state index in [1.165, 1.54) is 4.57 Å². The van der Waals surface area contributed by atoms with Crippen molar-refractivity contribution in [1.82, 2.24) is 4.57 Å². The van der Waals surface area contributed by atoms with Crippen LogP contribution in [0.5, 0.6) is 5.88 Å². The summed E-state index contributed by atoms with van der Waals surface area (Å²) in [5.74, 6) is -0.199. The molecule has 0 aliphatic heterocycles. The van der Waals surface area contributed by atoms with Crippen LogP contribution in [0.15, 0.2) is 43.8 Å². The number of aromatic nitrogens is 1. The molecule has 0 radical (unpaired) electrons. The summed E-state index contributed by atoms with van der Waals surface area (Å²) in [6, 6.07) is 9.07. The normalized spacial score (nSPS) is 11.2. The first-order valence-corrected chi connectivity index (χ1v) is 8.18. The number of benzene rings is 1. The Bertz CT molecular complexity index is 877. The number of hydrogen-bond donors (Lipinski definition) is 1. The average molecular weight is 389 g/mol. The van der Waals surface area contributed by atoms with Gasteiger partial charge in [0.15, 0.2) is 5.69 Å². The number of azo groups is 1. The van der Waals surface area contributed by atoms with Gasteiger partial charge < -0.3 is 5.11 Å². The lowest BCUT2D eigenvalue weighted by Crippen LogP contribution is -2.24. The molecule has 1 heterocycles. The summed E-state index contributed by atoms with van der Waals surface area (Å²) < 4.78 is 2.08. The second kappa shape index (κ2) is 7.41. The second-order valence-electron chi connectivity index (χ2n) is 5.77. The van der Waals surface area contributed by atoms with E-state index < -0.39 is 5.56 Å². The Balaban J connectivity index is 2.58. The Hall–Kier alpha value is -2.46. The number of rotatable bonds is 4. The minimum Gasteiger partial charge on any atom is -0.493 e. The number of pyridine rings is 1. The first-order valence-electron chi connectivity index (χ1n) is 7.39. The summed E-state index contributed by atoms with van der Waals surface area (Å²) in [5.41, 5.74) is 0.548. The van der Waals surface area contributed by atoms with E-state index in [1.54, 1.807) is 19.1 Å². The zero-order chi connectivity index (χ0) is 17.9. The van der Waals surface area contributed by atoms with Crippen molar-refractivity contribution >= 4 is 27.3 Å². The van der Waals surface area contributed by atoms with Gasteiger partial charge in [-0.1, -0.05) is 29.8 Å². The average Bonchev–Trinajstić information content (AvgIpc) is 2.53. The van der Waals surface area contributed by atoms with Crippen LogP contribution in [0.25, 0.3) is 0 Å². The van der Waals surface area contributed by atoms with E-state index in [1.807, 2.05) is 32.0 Å². The van der Waals surface area contributed by atoms with Gasteiger partial charge in [-0.05, 0) is 37.1 Å². The smallest absolute Gasteiger partial charge is 0.281 e. The van der Waals surface area contributed by atoms with Gasteiger partial charge in [-0.25, -0.2) is 0 Å². The number of nitriles is 1. The topological polar surface area (TPSA) is 90.7 Å². The SMILES string of the molecule is Cc1c(C#N)c(O)n(CC(C)C)c(=O)c1N=Nc1ccc(Br)cc1. The Kier molecular flexibility index (Phi) is 5.52. The highest BCUT2D eigenvalue weighted by Crippen LogP contribution is 2.27. The molecule has 1 N–H and O–H groups in total. The number of nitrogens with zero attached hydrogens (tertiary/aromatic N) is 4. The molecule has 7 heteroatoms. The van der Waals surface area contributed by atoms with Crippen molar-refractivity contribution in [2.24, 2.45) is 16.1 Å². The number of hydrogen-bond acceptors (Lipinski definition) is 5. The fourth-order valence-corrected chi connectivity index (χ4v) is 2.47. The molecule has 0 aliphatic carbocycles. The first kappa shape index (κ1) is 17.9. The summed E-state index contributed by atoms with van der Waals surface area (Å²) in [6.07, 6.45) is 0. The van der Waals surface area contributed by atoms with Crippen LogP contribution in [0, 0.1) is 24.2 Å². The van der Waals surface area contributed by atoms with Crippen LogP contribution in [0.1, 0.15) is 25.0 Å². The van der Waals surface area contributed by atoms with Crippen LogP contribution in [0.3, 0.4) is 0 Å². The molecule has 2 rings (SSSR count). The molecule has 0 amide bonds. The summed E-state index contributed by atoms with van der Waals surface area (Å²) in [7, 11) is 0. The van der Waals surface area contributed by atoms with Crippen molar-refractivity contribution < 1.29 is 5.11 Å². The summed E-state index contributed by atoms with van der Waals surface area (Å²) in [4.78, 5) is 12.6. The monoisotopic (exact) mass is 388 g/mol. The van der Waals surface area contributed by atoms with Gasteiger partial charge in [-0.15, -0.1) is 5.11 Å². The van der Waals surface area contributed by atoms with Crippen molar-refractivity contribution in [3.8, 4) is 11.9 Å². The molecular formula is C17H17BrN4O2. The fourth-order valence-electron chi connectivity index (χ4n) is 2.21. The molecule has 124 valence electrons. The van der Waals surface area contributed by atoms with E-state index in [4.69, 9.17) is 0 Å². The minimum absolute atomic E-state index is 0.0417. The van der Waals surface area contributed by atoms with Crippen LogP contribution in [-0.2, 0) is 6.54 Å². The zero-order valence-electron chi connectivity index (χ0n) is 13.6. The van der Waals surface area contributed by atoms with Crippen molar-refractivity contribution in [2.45, 2.75) is 27.3 Å². The highest BCUT2D eigenvalue weighted by atomic mass is 79.9. The van der Waals surface area contributed by atoms with Crippen LogP contribution in [-0.4, -0.2) is 9.67 Å². The molecule has 0 spiro atoms. The maximum atomic E-state index is 12.6. The van der Waals surface area contributed by atoms with E-state index in [0.717, 1.165) is 4.47 Å². The maximum absolute atomic E-state index is 12.6. The van der Waals surface area contributed by atoms with Gasteiger partial charge in [0.25, 0.3) is 5.56 Å². The van der Waals surface area contributed by atoms with Crippen LogP contribution >= 0.6 is 15.9 Å². The van der Waals surface area contributed by atoms with Gasteiger partial charge in [0.05, 0.1) is 5.69 Å². The summed E-state index contributed by atoms with van der Waals surface area (Å²) >= 11 is 3.33. The Morgan fingerprint density at radius 3 is 2.46 bits per heavy atom. The van der Waals surface area contributed by atoms with Crippen LogP contribution in [0.4, 0.5) is 11.4 Å². The molecule has 0 saturated carbocycles. The molecule has 1 aromatic carbocycles. The second-order valence-corrected chi connectivity index (χ2v) is 6.69. The molecular weight excluding hydrogens is 372 g/mol. The van der Waals surface area contributed by atoms with Gasteiger partial charge >= 0.3 is 0 Å². The van der Waals surface area contributed by atoms with Gasteiger partial charge in [0, 0.05) is 16.6 Å². The van der Waals surface area contributed by atoms with Crippen molar-refractivity contribution in [1.29, 1.82) is 5.26 Å². The molecule has 6 nitrogen and oxygen atoms in total. The van der Waals surface area contributed by atoms with Crippen LogP contribution < -0.4 is 5.56 Å². The maximum Gasteiger partial charge on any atom is 0.281 e. The minimum atomic E-state index is -0.460. The third-order valence-corrected chi connectivity index (χ3v) is 3.94. The Morgan fingerprint density at radius 2 is 1.92 bits per heavy atom. The lowest BCUT2D eigenvalue weighted by molar-refractivity contribution is 0.381. The van der Waals surface area contributed by atoms with Gasteiger partial charge in [0.1, 0.15) is 11.6 Å². The predicted octanol–water partition coefficient (Wildman–Crippen LogP) is 4.57. The largest absolute Gasteiger partial charge is 0.493 e. The Labute approximate surface area is 148 Å². The molecule has 0 unspecified atom stereocenters. The number of halogens is 1. The van der Waals surface area contributed by atoms with E-state index >= 15 is 0 Å². The molecule has 0 aliphatic rings. The summed E-state index contributed by atoms with van der Waals surface area (Å²) in [6.45, 7) is 5.71. The molecule has 24 heavy (non-hydrogen) atoms. The van der Waals surface area contributed by atoms with Crippen LogP contribution in [0.2, 0.25) is 0 Å². The molecule has 0 atom stereocenters. The molecule has 0 fully saturated rings. The third-order valence-electron chi connectivity index (χ3n) is 3.41. The Morgan fingerprint density at radius 1 is 1.29 bits per heavy atom. The molecule has 0 saturated heterocycles. The van der Waals surface area contributed by atoms with Gasteiger partial charge in [-0.3, -0.25) is 9.36 Å². The molecule has 0 bridgehead atoms. The third kappa shape index (κ3) is 3.71. The number of aromatic hydroxyl groups is 1. The van der Waals surface area contributed by atoms with Crippen molar-refractivity contribution in [3.63, 3.8) is 0 Å². The lowest BCUT2D eigenvalue weighted by Gasteiger charge is -2.14. The van der Waals surface area contributed by atoms with E-state index in [-0.39, 0.29) is 23.0 Å². The zero-order valence-corrected chi connectivity index (χ0v) is 15.2. The van der Waals surface area contributed by atoms with E-state index in [2.05, 4.69) is 26.2 Å². The molecule has 2 aromatic rings. The van der Waals surface area contributed by atoms with Crippen molar-refractivity contribution in [3.05, 3.63) is 50.2 Å². The highest BCUT2D eigenvalue weighted by Gasteiger charge is 2.19. The standard InChI is InChI=1S/C17H17BrN4O2/c1-10(2)9-22-16(23)14(8-19)11(3)15(17(22)24)21-20-13-6-4-12(18)5-7-13/h4-7,10,23H,9H2,1-3H3. The first-order chi connectivity index (χ1) is 11.3. The van der Waals surface area contributed by atoms with E-state index in [0.29, 0.717) is 17.8 Å². The highest BCUT2D eigenvalue weighted by molar-refractivity contribution is 9.10.